The first kappa shape index (κ1) is 22.0. The van der Waals surface area contributed by atoms with E-state index in [-0.39, 0.29) is 5.91 Å². The van der Waals surface area contributed by atoms with Crippen LogP contribution in [-0.2, 0) is 16.4 Å². The maximum absolute atomic E-state index is 12.5. The van der Waals surface area contributed by atoms with Gasteiger partial charge in [-0.05, 0) is 54.5 Å². The zero-order valence-electron chi connectivity index (χ0n) is 17.3. The first-order valence-electron chi connectivity index (χ1n) is 9.51. The third-order valence-electron chi connectivity index (χ3n) is 4.96. The third kappa shape index (κ3) is 5.58. The number of hydrogen-bond donors (Lipinski definition) is 1. The zero-order valence-corrected chi connectivity index (χ0v) is 18.1. The molecule has 2 aromatic carbocycles. The summed E-state index contributed by atoms with van der Waals surface area (Å²) in [6, 6.07) is 13.7. The quantitative estimate of drug-likeness (QED) is 0.682. The summed E-state index contributed by atoms with van der Waals surface area (Å²) in [6.07, 6.45) is 2.89. The van der Waals surface area contributed by atoms with E-state index < -0.39 is 10.0 Å². The summed E-state index contributed by atoms with van der Waals surface area (Å²) >= 11 is 0. The smallest absolute Gasteiger partial charge is 0.251 e. The second-order valence-corrected chi connectivity index (χ2v) is 9.45. The van der Waals surface area contributed by atoms with Gasteiger partial charge in [0.1, 0.15) is 0 Å². The van der Waals surface area contributed by atoms with Crippen molar-refractivity contribution in [2.75, 3.05) is 24.2 Å². The van der Waals surface area contributed by atoms with Crippen LogP contribution in [0.25, 0.3) is 0 Å². The van der Waals surface area contributed by atoms with Gasteiger partial charge in [0.25, 0.3) is 5.91 Å². The van der Waals surface area contributed by atoms with Crippen molar-refractivity contribution >= 4 is 21.6 Å². The van der Waals surface area contributed by atoms with Crippen LogP contribution in [0.15, 0.2) is 42.5 Å². The van der Waals surface area contributed by atoms with E-state index in [0.29, 0.717) is 29.3 Å². The van der Waals surface area contributed by atoms with E-state index in [1.807, 2.05) is 0 Å². The van der Waals surface area contributed by atoms with Crippen LogP contribution in [0.3, 0.4) is 0 Å². The predicted octanol–water partition coefficient (Wildman–Crippen LogP) is 3.88. The van der Waals surface area contributed by atoms with Gasteiger partial charge >= 0.3 is 0 Å². The van der Waals surface area contributed by atoms with Gasteiger partial charge in [-0.2, -0.15) is 0 Å². The standard InChI is InChI=1S/C22H30N2O3S/c1-16(2)19-13-11-18(12-14-19)8-7-15-23-22(25)20-9-6-10-21(17(20)3)24(4)28(5,26)27/h6,9-14,16H,7-8,15H2,1-5H3,(H,23,25). The molecular weight excluding hydrogens is 372 g/mol. The van der Waals surface area contributed by atoms with E-state index in [4.69, 9.17) is 0 Å². The normalized spacial score (nSPS) is 11.5. The molecule has 0 aliphatic rings. The van der Waals surface area contributed by atoms with E-state index in [1.54, 1.807) is 25.1 Å². The minimum Gasteiger partial charge on any atom is -0.352 e. The van der Waals surface area contributed by atoms with Gasteiger partial charge in [-0.1, -0.05) is 44.2 Å². The van der Waals surface area contributed by atoms with Gasteiger partial charge in [-0.3, -0.25) is 9.10 Å². The lowest BCUT2D eigenvalue weighted by Crippen LogP contribution is -2.28. The van der Waals surface area contributed by atoms with E-state index >= 15 is 0 Å². The van der Waals surface area contributed by atoms with Crippen LogP contribution < -0.4 is 9.62 Å². The number of hydrogen-bond acceptors (Lipinski definition) is 3. The number of carbonyl (C=O) groups excluding carboxylic acids is 1. The Balaban J connectivity index is 1.94. The van der Waals surface area contributed by atoms with Crippen molar-refractivity contribution in [3.63, 3.8) is 0 Å². The Morgan fingerprint density at radius 3 is 2.32 bits per heavy atom. The zero-order chi connectivity index (χ0) is 20.9. The largest absolute Gasteiger partial charge is 0.352 e. The number of nitrogens with zero attached hydrogens (tertiary/aromatic N) is 1. The molecule has 5 nitrogen and oxygen atoms in total. The van der Waals surface area contributed by atoms with Crippen molar-refractivity contribution in [3.8, 4) is 0 Å². The Bertz CT molecular complexity index is 919. The van der Waals surface area contributed by atoms with Gasteiger partial charge < -0.3 is 5.32 Å². The van der Waals surface area contributed by atoms with E-state index in [1.165, 1.54) is 22.5 Å². The highest BCUT2D eigenvalue weighted by molar-refractivity contribution is 7.92. The fraction of sp³-hybridized carbons (Fsp3) is 0.409. The summed E-state index contributed by atoms with van der Waals surface area (Å²) in [5.41, 5.74) is 4.24. The lowest BCUT2D eigenvalue weighted by molar-refractivity contribution is 0.0952. The Morgan fingerprint density at radius 1 is 1.11 bits per heavy atom. The minimum absolute atomic E-state index is 0.184. The molecule has 0 atom stereocenters. The molecule has 0 fully saturated rings. The maximum Gasteiger partial charge on any atom is 0.251 e. The monoisotopic (exact) mass is 402 g/mol. The molecular formula is C22H30N2O3S. The predicted molar refractivity (Wildman–Crippen MR) is 116 cm³/mol. The number of nitrogens with one attached hydrogen (secondary N) is 1. The number of benzene rings is 2. The first-order valence-corrected chi connectivity index (χ1v) is 11.4. The average Bonchev–Trinajstić information content (AvgIpc) is 2.64. The lowest BCUT2D eigenvalue weighted by Gasteiger charge is -2.20. The molecule has 0 aromatic heterocycles. The van der Waals surface area contributed by atoms with Crippen LogP contribution in [0.2, 0.25) is 0 Å². The molecule has 0 spiro atoms. The third-order valence-corrected chi connectivity index (χ3v) is 6.15. The summed E-state index contributed by atoms with van der Waals surface area (Å²) in [5, 5.41) is 2.94. The van der Waals surface area contributed by atoms with Gasteiger partial charge in [0, 0.05) is 19.2 Å². The van der Waals surface area contributed by atoms with Crippen molar-refractivity contribution in [1.29, 1.82) is 0 Å². The van der Waals surface area contributed by atoms with Gasteiger partial charge in [0.15, 0.2) is 0 Å². The van der Waals surface area contributed by atoms with Gasteiger partial charge in [0.2, 0.25) is 10.0 Å². The van der Waals surface area contributed by atoms with Crippen molar-refractivity contribution in [2.24, 2.45) is 0 Å². The Morgan fingerprint density at radius 2 is 1.75 bits per heavy atom. The van der Waals surface area contributed by atoms with Crippen molar-refractivity contribution in [3.05, 3.63) is 64.7 Å². The number of rotatable bonds is 8. The maximum atomic E-state index is 12.5. The molecule has 0 radical (unpaired) electrons. The topological polar surface area (TPSA) is 66.5 Å². The van der Waals surface area contributed by atoms with Gasteiger partial charge in [-0.25, -0.2) is 8.42 Å². The summed E-state index contributed by atoms with van der Waals surface area (Å²) < 4.78 is 24.8. The molecule has 0 aliphatic carbocycles. The SMILES string of the molecule is Cc1c(C(=O)NCCCc2ccc(C(C)C)cc2)cccc1N(C)S(C)(=O)=O. The molecule has 0 saturated carbocycles. The fourth-order valence-electron chi connectivity index (χ4n) is 3.05. The molecule has 0 bridgehead atoms. The van der Waals surface area contributed by atoms with Crippen LogP contribution in [0.4, 0.5) is 5.69 Å². The number of amides is 1. The summed E-state index contributed by atoms with van der Waals surface area (Å²) in [5.74, 6) is 0.338. The summed E-state index contributed by atoms with van der Waals surface area (Å²) in [6.45, 7) is 6.68. The highest BCUT2D eigenvalue weighted by Crippen LogP contribution is 2.24. The number of anilines is 1. The molecule has 6 heteroatoms. The van der Waals surface area contributed by atoms with E-state index in [2.05, 4.69) is 43.4 Å². The first-order chi connectivity index (χ1) is 13.1. The molecule has 0 unspecified atom stereocenters. The molecule has 1 amide bonds. The fourth-order valence-corrected chi connectivity index (χ4v) is 3.60. The highest BCUT2D eigenvalue weighted by Gasteiger charge is 2.18. The second kappa shape index (κ2) is 9.24. The van der Waals surface area contributed by atoms with Crippen molar-refractivity contribution in [2.45, 2.75) is 39.5 Å². The Kier molecular flexibility index (Phi) is 7.24. The lowest BCUT2D eigenvalue weighted by atomic mass is 10.0. The Labute approximate surface area is 168 Å². The van der Waals surface area contributed by atoms with Crippen LogP contribution in [0.1, 0.15) is 53.2 Å². The molecule has 2 rings (SSSR count). The molecule has 0 aliphatic heterocycles. The van der Waals surface area contributed by atoms with Crippen LogP contribution in [0, 0.1) is 6.92 Å². The number of aryl methyl sites for hydroxylation is 1. The molecule has 2 aromatic rings. The van der Waals surface area contributed by atoms with Crippen LogP contribution in [0.5, 0.6) is 0 Å². The minimum atomic E-state index is -3.38. The van der Waals surface area contributed by atoms with E-state index in [9.17, 15) is 13.2 Å². The molecule has 0 heterocycles. The molecule has 28 heavy (non-hydrogen) atoms. The average molecular weight is 403 g/mol. The summed E-state index contributed by atoms with van der Waals surface area (Å²) in [7, 11) is -1.89. The second-order valence-electron chi connectivity index (χ2n) is 7.44. The van der Waals surface area contributed by atoms with Gasteiger partial charge in [0.05, 0.1) is 11.9 Å². The molecule has 1 N–H and O–H groups in total. The Hall–Kier alpha value is -2.34. The number of sulfonamides is 1. The molecule has 0 saturated heterocycles. The number of carbonyl (C=O) groups is 1. The van der Waals surface area contributed by atoms with E-state index in [0.717, 1.165) is 19.1 Å². The van der Waals surface area contributed by atoms with Crippen LogP contribution >= 0.6 is 0 Å². The summed E-state index contributed by atoms with van der Waals surface area (Å²) in [4.78, 5) is 12.5. The van der Waals surface area contributed by atoms with Crippen molar-refractivity contribution < 1.29 is 13.2 Å². The van der Waals surface area contributed by atoms with Gasteiger partial charge in [-0.15, -0.1) is 0 Å². The highest BCUT2D eigenvalue weighted by atomic mass is 32.2. The van der Waals surface area contributed by atoms with Crippen LogP contribution in [-0.4, -0.2) is 34.2 Å². The molecule has 152 valence electrons. The van der Waals surface area contributed by atoms with Crippen molar-refractivity contribution in [1.82, 2.24) is 5.32 Å².